The molecule has 0 aromatic carbocycles. The van der Waals surface area contributed by atoms with E-state index in [2.05, 4.69) is 0 Å². The number of carbonyl (C=O) groups excluding carboxylic acids is 1. The number of rotatable bonds is 6. The van der Waals surface area contributed by atoms with Crippen molar-refractivity contribution >= 4 is 29.0 Å². The quantitative estimate of drug-likeness (QED) is 0.820. The molecule has 0 spiro atoms. The molecule has 0 aliphatic rings. The van der Waals surface area contributed by atoms with E-state index in [1.165, 1.54) is 11.0 Å². The number of likely N-dealkylation sites (N-methyl/N-ethyl adjacent to an activating group) is 1. The van der Waals surface area contributed by atoms with Crippen LogP contribution >= 0.6 is 23.1 Å². The second kappa shape index (κ2) is 6.67. The van der Waals surface area contributed by atoms with Crippen LogP contribution < -0.4 is 0 Å². The maximum Gasteiger partial charge on any atom is 0.288 e. The minimum atomic E-state index is -2.55. The molecular weight excluding hydrogens is 292 g/mol. The minimum Gasteiger partial charge on any atom is -0.389 e. The summed E-state index contributed by atoms with van der Waals surface area (Å²) in [6.45, 7) is 5.58. The van der Waals surface area contributed by atoms with Crippen LogP contribution in [-0.4, -0.2) is 40.4 Å². The van der Waals surface area contributed by atoms with Crippen molar-refractivity contribution in [1.29, 1.82) is 0 Å². The summed E-state index contributed by atoms with van der Waals surface area (Å²) in [7, 11) is 0. The van der Waals surface area contributed by atoms with Gasteiger partial charge < -0.3 is 10.0 Å². The Hall–Kier alpha value is -0.660. The van der Waals surface area contributed by atoms with E-state index in [4.69, 9.17) is 0 Å². The normalized spacial score (nSPS) is 11.9. The van der Waals surface area contributed by atoms with Crippen molar-refractivity contribution in [3.05, 3.63) is 16.3 Å². The number of nitrogens with zero attached hydrogens (tertiary/aromatic N) is 1. The molecule has 7 heteroatoms. The number of thiophene rings is 1. The molecular formula is C12H17F2NO2S2. The molecule has 1 N–H and O–H groups in total. The van der Waals surface area contributed by atoms with Gasteiger partial charge in [0, 0.05) is 18.0 Å². The molecule has 1 rings (SSSR count). The van der Waals surface area contributed by atoms with Crippen LogP contribution in [0.4, 0.5) is 8.78 Å². The molecule has 0 bridgehead atoms. The molecule has 0 atom stereocenters. The Balaban J connectivity index is 2.89. The number of aliphatic hydroxyl groups is 1. The summed E-state index contributed by atoms with van der Waals surface area (Å²) >= 11 is 1.52. The van der Waals surface area contributed by atoms with Gasteiger partial charge in [0.25, 0.3) is 11.7 Å². The molecule has 108 valence electrons. The molecule has 1 aromatic rings. The zero-order valence-corrected chi connectivity index (χ0v) is 12.7. The van der Waals surface area contributed by atoms with Crippen LogP contribution in [-0.2, 0) is 0 Å². The first-order valence-corrected chi connectivity index (χ1v) is 7.54. The van der Waals surface area contributed by atoms with E-state index < -0.39 is 11.4 Å². The van der Waals surface area contributed by atoms with Gasteiger partial charge in [-0.3, -0.25) is 4.79 Å². The van der Waals surface area contributed by atoms with Crippen molar-refractivity contribution in [3.8, 4) is 0 Å². The molecule has 0 aliphatic heterocycles. The summed E-state index contributed by atoms with van der Waals surface area (Å²) in [6.07, 6.45) is 0. The Morgan fingerprint density at radius 2 is 2.21 bits per heavy atom. The molecule has 0 fully saturated rings. The molecule has 0 unspecified atom stereocenters. The summed E-state index contributed by atoms with van der Waals surface area (Å²) in [4.78, 5) is 14.3. The first-order chi connectivity index (χ1) is 8.74. The topological polar surface area (TPSA) is 40.5 Å². The maximum atomic E-state index is 12.4. The van der Waals surface area contributed by atoms with Gasteiger partial charge in [-0.25, -0.2) is 0 Å². The van der Waals surface area contributed by atoms with Crippen molar-refractivity contribution in [2.45, 2.75) is 37.0 Å². The molecule has 1 amide bonds. The summed E-state index contributed by atoms with van der Waals surface area (Å²) in [5, 5.41) is 11.4. The second-order valence-corrected chi connectivity index (χ2v) is 6.57. The molecule has 0 aliphatic carbocycles. The van der Waals surface area contributed by atoms with Gasteiger partial charge in [-0.1, -0.05) is 11.8 Å². The number of halogens is 2. The average Bonchev–Trinajstić information content (AvgIpc) is 2.70. The maximum absolute atomic E-state index is 12.4. The van der Waals surface area contributed by atoms with E-state index in [0.29, 0.717) is 28.1 Å². The summed E-state index contributed by atoms with van der Waals surface area (Å²) < 4.78 is 24.8. The Kier molecular flexibility index (Phi) is 5.76. The van der Waals surface area contributed by atoms with Crippen molar-refractivity contribution < 1.29 is 18.7 Å². The van der Waals surface area contributed by atoms with Crippen LogP contribution in [0.25, 0.3) is 0 Å². The van der Waals surface area contributed by atoms with Crippen molar-refractivity contribution in [1.82, 2.24) is 4.90 Å². The third-order valence-corrected chi connectivity index (χ3v) is 4.09. The van der Waals surface area contributed by atoms with Gasteiger partial charge in [0.2, 0.25) is 0 Å². The lowest BCUT2D eigenvalue weighted by Crippen LogP contribution is -2.42. The Morgan fingerprint density at radius 3 is 2.68 bits per heavy atom. The van der Waals surface area contributed by atoms with Crippen LogP contribution in [0.2, 0.25) is 0 Å². The highest BCUT2D eigenvalue weighted by Crippen LogP contribution is 2.32. The van der Waals surface area contributed by atoms with E-state index in [0.717, 1.165) is 11.3 Å². The fourth-order valence-corrected chi connectivity index (χ4v) is 3.24. The highest BCUT2D eigenvalue weighted by atomic mass is 32.2. The minimum absolute atomic E-state index is 0.166. The average molecular weight is 309 g/mol. The fourth-order valence-electron chi connectivity index (χ4n) is 1.58. The number of alkyl halides is 2. The Morgan fingerprint density at radius 1 is 1.58 bits per heavy atom. The van der Waals surface area contributed by atoms with Gasteiger partial charge in [0.1, 0.15) is 4.88 Å². The van der Waals surface area contributed by atoms with Gasteiger partial charge in [-0.2, -0.15) is 8.78 Å². The predicted octanol–water partition coefficient (Wildman–Crippen LogP) is 3.30. The van der Waals surface area contributed by atoms with Crippen molar-refractivity contribution in [2.75, 3.05) is 13.1 Å². The molecule has 0 saturated heterocycles. The number of carbonyl (C=O) groups is 1. The lowest BCUT2D eigenvalue weighted by Gasteiger charge is -2.28. The summed E-state index contributed by atoms with van der Waals surface area (Å²) in [5.41, 5.74) is -1.01. The van der Waals surface area contributed by atoms with Crippen molar-refractivity contribution in [2.24, 2.45) is 0 Å². The number of amides is 1. The lowest BCUT2D eigenvalue weighted by molar-refractivity contribution is 0.0315. The largest absolute Gasteiger partial charge is 0.389 e. The highest BCUT2D eigenvalue weighted by molar-refractivity contribution is 7.99. The molecule has 1 heterocycles. The predicted molar refractivity (Wildman–Crippen MR) is 74.1 cm³/mol. The van der Waals surface area contributed by atoms with Crippen LogP contribution in [0.5, 0.6) is 0 Å². The van der Waals surface area contributed by atoms with E-state index in [9.17, 15) is 18.7 Å². The smallest absolute Gasteiger partial charge is 0.288 e. The molecule has 0 radical (unpaired) electrons. The Bertz CT molecular complexity index is 430. The number of hydrogen-bond acceptors (Lipinski definition) is 4. The number of hydrogen-bond donors (Lipinski definition) is 1. The van der Waals surface area contributed by atoms with Crippen LogP contribution in [0.15, 0.2) is 16.3 Å². The highest BCUT2D eigenvalue weighted by Gasteiger charge is 2.25. The zero-order chi connectivity index (χ0) is 14.6. The molecule has 0 saturated carbocycles. The lowest BCUT2D eigenvalue weighted by atomic mass is 10.1. The monoisotopic (exact) mass is 309 g/mol. The van der Waals surface area contributed by atoms with Gasteiger partial charge in [-0.05, 0) is 32.2 Å². The molecule has 1 aromatic heterocycles. The second-order valence-electron chi connectivity index (χ2n) is 4.62. The first kappa shape index (κ1) is 16.4. The third-order valence-electron chi connectivity index (χ3n) is 2.29. The van der Waals surface area contributed by atoms with E-state index in [1.54, 1.807) is 26.2 Å². The van der Waals surface area contributed by atoms with Crippen molar-refractivity contribution in [3.63, 3.8) is 0 Å². The summed E-state index contributed by atoms with van der Waals surface area (Å²) in [6, 6.07) is 1.52. The summed E-state index contributed by atoms with van der Waals surface area (Å²) in [5.74, 6) is -2.87. The third kappa shape index (κ3) is 5.08. The van der Waals surface area contributed by atoms with Gasteiger partial charge >= 0.3 is 0 Å². The van der Waals surface area contributed by atoms with Crippen LogP contribution in [0.1, 0.15) is 30.4 Å². The Labute approximate surface area is 119 Å². The number of thioether (sulfide) groups is 1. The van der Waals surface area contributed by atoms with Crippen LogP contribution in [0, 0.1) is 0 Å². The van der Waals surface area contributed by atoms with Gasteiger partial charge in [-0.15, -0.1) is 11.3 Å². The van der Waals surface area contributed by atoms with Gasteiger partial charge in [0.15, 0.2) is 0 Å². The fraction of sp³-hybridized carbons (Fsp3) is 0.583. The molecule has 3 nitrogen and oxygen atoms in total. The van der Waals surface area contributed by atoms with E-state index in [1.807, 2.05) is 0 Å². The standard InChI is InChI=1S/C12H17F2NO2S2/c1-4-15(7-12(2,3)17)10(16)9-8(5-6-18-9)19-11(13)14/h5-6,11,17H,4,7H2,1-3H3. The first-order valence-electron chi connectivity index (χ1n) is 5.78. The van der Waals surface area contributed by atoms with Crippen LogP contribution in [0.3, 0.4) is 0 Å². The van der Waals surface area contributed by atoms with Gasteiger partial charge in [0.05, 0.1) is 5.60 Å². The zero-order valence-electron chi connectivity index (χ0n) is 11.0. The SMILES string of the molecule is CCN(CC(C)(C)O)C(=O)c1sccc1SC(F)F. The van der Waals surface area contributed by atoms with E-state index in [-0.39, 0.29) is 12.5 Å². The molecule has 19 heavy (non-hydrogen) atoms. The van der Waals surface area contributed by atoms with E-state index >= 15 is 0 Å².